The molecule has 2 N–H and O–H groups in total. The van der Waals surface area contributed by atoms with Gasteiger partial charge in [0, 0.05) is 12.4 Å². The second kappa shape index (κ2) is 7.01. The van der Waals surface area contributed by atoms with E-state index >= 15 is 0 Å². The predicted octanol–water partition coefficient (Wildman–Crippen LogP) is 3.33. The zero-order valence-electron chi connectivity index (χ0n) is 12.5. The molecule has 0 fully saturated rings. The molecule has 0 aliphatic heterocycles. The second-order valence-corrected chi connectivity index (χ2v) is 5.90. The van der Waals surface area contributed by atoms with Gasteiger partial charge in [0.2, 0.25) is 0 Å². The van der Waals surface area contributed by atoms with Crippen molar-refractivity contribution >= 4 is 0 Å². The molecule has 0 aliphatic carbocycles. The van der Waals surface area contributed by atoms with Crippen LogP contribution in [0.15, 0.2) is 24.5 Å². The number of aliphatic hydroxyl groups excluding tert-OH is 1. The summed E-state index contributed by atoms with van der Waals surface area (Å²) in [5.41, 5.74) is -0.396. The smallest absolute Gasteiger partial charge is 0.108 e. The van der Waals surface area contributed by atoms with Crippen LogP contribution < -0.4 is 0 Å². The second-order valence-electron chi connectivity index (χ2n) is 5.90. The molecule has 1 heterocycles. The number of nitrogens with zero attached hydrogens (tertiary/aromatic N) is 1. The molecule has 0 bridgehead atoms. The van der Waals surface area contributed by atoms with Crippen molar-refractivity contribution in [2.45, 2.75) is 58.7 Å². The number of pyridine rings is 1. The fourth-order valence-electron chi connectivity index (χ4n) is 2.81. The summed E-state index contributed by atoms with van der Waals surface area (Å²) in [5, 5.41) is 21.3. The minimum absolute atomic E-state index is 0.0793. The average molecular weight is 265 g/mol. The van der Waals surface area contributed by atoms with Gasteiger partial charge in [-0.15, -0.1) is 0 Å². The first-order chi connectivity index (χ1) is 8.91. The first kappa shape index (κ1) is 16.1. The summed E-state index contributed by atoms with van der Waals surface area (Å²) in [6.45, 7) is 8.10. The average Bonchev–Trinajstić information content (AvgIpc) is 2.38. The Morgan fingerprint density at radius 2 is 1.84 bits per heavy atom. The van der Waals surface area contributed by atoms with E-state index in [0.29, 0.717) is 5.92 Å². The van der Waals surface area contributed by atoms with Gasteiger partial charge in [0.25, 0.3) is 0 Å². The molecule has 108 valence electrons. The Kier molecular flexibility index (Phi) is 5.95. The van der Waals surface area contributed by atoms with E-state index in [1.165, 1.54) is 0 Å². The van der Waals surface area contributed by atoms with Crippen LogP contribution in [0.25, 0.3) is 0 Å². The number of unbranched alkanes of at least 4 members (excludes halogenated alkanes) is 1. The van der Waals surface area contributed by atoms with Crippen molar-refractivity contribution in [2.24, 2.45) is 11.8 Å². The standard InChI is InChI=1S/C16H27NO2/c1-5-6-7-14(12(2)3)16(4,19)15(18)13-8-10-17-11-9-13/h8-12,14-15,18-19H,5-7H2,1-4H3. The lowest BCUT2D eigenvalue weighted by atomic mass is 9.73. The molecule has 3 atom stereocenters. The molecular formula is C16H27NO2. The molecule has 0 amide bonds. The molecule has 0 aromatic carbocycles. The van der Waals surface area contributed by atoms with Gasteiger partial charge in [0.05, 0.1) is 5.60 Å². The highest BCUT2D eigenvalue weighted by Crippen LogP contribution is 2.38. The Balaban J connectivity index is 2.92. The fourth-order valence-corrected chi connectivity index (χ4v) is 2.81. The first-order valence-corrected chi connectivity index (χ1v) is 7.21. The van der Waals surface area contributed by atoms with Crippen molar-refractivity contribution in [3.05, 3.63) is 30.1 Å². The largest absolute Gasteiger partial charge is 0.387 e. The highest BCUT2D eigenvalue weighted by Gasteiger charge is 2.40. The molecule has 0 saturated carbocycles. The number of hydrogen-bond donors (Lipinski definition) is 2. The van der Waals surface area contributed by atoms with Crippen LogP contribution in [0.5, 0.6) is 0 Å². The van der Waals surface area contributed by atoms with Crippen LogP contribution in [0.4, 0.5) is 0 Å². The van der Waals surface area contributed by atoms with Gasteiger partial charge in [-0.2, -0.15) is 0 Å². The maximum atomic E-state index is 10.8. The molecule has 19 heavy (non-hydrogen) atoms. The molecule has 0 aliphatic rings. The fraction of sp³-hybridized carbons (Fsp3) is 0.688. The van der Waals surface area contributed by atoms with Gasteiger partial charge in [-0.05, 0) is 42.9 Å². The van der Waals surface area contributed by atoms with E-state index in [-0.39, 0.29) is 5.92 Å². The summed E-state index contributed by atoms with van der Waals surface area (Å²) in [4.78, 5) is 3.95. The van der Waals surface area contributed by atoms with E-state index in [1.807, 2.05) is 0 Å². The predicted molar refractivity (Wildman–Crippen MR) is 77.7 cm³/mol. The van der Waals surface area contributed by atoms with Crippen LogP contribution in [-0.4, -0.2) is 20.8 Å². The molecule has 0 saturated heterocycles. The summed E-state index contributed by atoms with van der Waals surface area (Å²) in [7, 11) is 0. The van der Waals surface area contributed by atoms with Gasteiger partial charge in [0.15, 0.2) is 0 Å². The van der Waals surface area contributed by atoms with Gasteiger partial charge < -0.3 is 10.2 Å². The van der Waals surface area contributed by atoms with Crippen molar-refractivity contribution in [3.63, 3.8) is 0 Å². The molecular weight excluding hydrogens is 238 g/mol. The SMILES string of the molecule is CCCCC(C(C)C)C(C)(O)C(O)c1ccncc1. The maximum Gasteiger partial charge on any atom is 0.108 e. The summed E-state index contributed by atoms with van der Waals surface area (Å²) >= 11 is 0. The van der Waals surface area contributed by atoms with Crippen molar-refractivity contribution in [1.29, 1.82) is 0 Å². The van der Waals surface area contributed by atoms with Crippen molar-refractivity contribution in [3.8, 4) is 0 Å². The van der Waals surface area contributed by atoms with Gasteiger partial charge >= 0.3 is 0 Å². The Bertz CT molecular complexity index is 362. The van der Waals surface area contributed by atoms with Crippen LogP contribution in [-0.2, 0) is 0 Å². The van der Waals surface area contributed by atoms with E-state index in [4.69, 9.17) is 0 Å². The van der Waals surface area contributed by atoms with E-state index in [0.717, 1.165) is 24.8 Å². The number of aromatic nitrogens is 1. The Hall–Kier alpha value is -0.930. The van der Waals surface area contributed by atoms with Crippen LogP contribution in [0.3, 0.4) is 0 Å². The van der Waals surface area contributed by atoms with Gasteiger partial charge in [0.1, 0.15) is 6.10 Å². The summed E-state index contributed by atoms with van der Waals surface area (Å²) in [6, 6.07) is 3.52. The summed E-state index contributed by atoms with van der Waals surface area (Å²) < 4.78 is 0. The van der Waals surface area contributed by atoms with Crippen LogP contribution in [0.1, 0.15) is 58.6 Å². The van der Waals surface area contributed by atoms with E-state index in [9.17, 15) is 10.2 Å². The van der Waals surface area contributed by atoms with Gasteiger partial charge in [-0.3, -0.25) is 4.98 Å². The maximum absolute atomic E-state index is 10.8. The number of aliphatic hydroxyl groups is 2. The Labute approximate surface area is 116 Å². The highest BCUT2D eigenvalue weighted by molar-refractivity contribution is 5.17. The van der Waals surface area contributed by atoms with E-state index in [2.05, 4.69) is 25.8 Å². The lowest BCUT2D eigenvalue weighted by Gasteiger charge is -2.39. The molecule has 0 radical (unpaired) electrons. The monoisotopic (exact) mass is 265 g/mol. The first-order valence-electron chi connectivity index (χ1n) is 7.21. The lowest BCUT2D eigenvalue weighted by Crippen LogP contribution is -2.43. The molecule has 1 aromatic rings. The zero-order chi connectivity index (χ0) is 14.5. The number of rotatable bonds is 7. The minimum atomic E-state index is -1.12. The van der Waals surface area contributed by atoms with Crippen molar-refractivity contribution in [2.75, 3.05) is 0 Å². The molecule has 3 unspecified atom stereocenters. The third-order valence-electron chi connectivity index (χ3n) is 4.00. The van der Waals surface area contributed by atoms with E-state index < -0.39 is 11.7 Å². The van der Waals surface area contributed by atoms with Gasteiger partial charge in [-0.1, -0.05) is 33.6 Å². The summed E-state index contributed by atoms with van der Waals surface area (Å²) in [6.07, 6.45) is 5.52. The minimum Gasteiger partial charge on any atom is -0.387 e. The quantitative estimate of drug-likeness (QED) is 0.795. The van der Waals surface area contributed by atoms with Crippen molar-refractivity contribution in [1.82, 2.24) is 4.98 Å². The molecule has 3 heteroatoms. The Morgan fingerprint density at radius 3 is 2.32 bits per heavy atom. The highest BCUT2D eigenvalue weighted by atomic mass is 16.3. The van der Waals surface area contributed by atoms with Gasteiger partial charge in [-0.25, -0.2) is 0 Å². The van der Waals surface area contributed by atoms with Crippen LogP contribution >= 0.6 is 0 Å². The molecule has 1 aromatic heterocycles. The molecule has 0 spiro atoms. The van der Waals surface area contributed by atoms with E-state index in [1.54, 1.807) is 31.5 Å². The third-order valence-corrected chi connectivity index (χ3v) is 4.00. The normalized spacial score (nSPS) is 18.1. The lowest BCUT2D eigenvalue weighted by molar-refractivity contribution is -0.117. The molecule has 1 rings (SSSR count). The zero-order valence-corrected chi connectivity index (χ0v) is 12.5. The number of hydrogen-bond acceptors (Lipinski definition) is 3. The summed E-state index contributed by atoms with van der Waals surface area (Å²) in [5.74, 6) is 0.411. The van der Waals surface area contributed by atoms with Crippen LogP contribution in [0.2, 0.25) is 0 Å². The van der Waals surface area contributed by atoms with Crippen LogP contribution in [0, 0.1) is 11.8 Å². The topological polar surface area (TPSA) is 53.4 Å². The van der Waals surface area contributed by atoms with Crippen molar-refractivity contribution < 1.29 is 10.2 Å². The Morgan fingerprint density at radius 1 is 1.26 bits per heavy atom. The molecule has 3 nitrogen and oxygen atoms in total. The third kappa shape index (κ3) is 4.02.